The van der Waals surface area contributed by atoms with Crippen molar-refractivity contribution in [3.63, 3.8) is 0 Å². The van der Waals surface area contributed by atoms with Crippen LogP contribution in [0.2, 0.25) is 0 Å². The summed E-state index contributed by atoms with van der Waals surface area (Å²) in [7, 11) is 0. The van der Waals surface area contributed by atoms with E-state index >= 15 is 0 Å². The van der Waals surface area contributed by atoms with E-state index in [-0.39, 0.29) is 5.82 Å². The van der Waals surface area contributed by atoms with E-state index in [9.17, 15) is 4.39 Å². The van der Waals surface area contributed by atoms with Crippen LogP contribution < -0.4 is 10.6 Å². The molecule has 0 bridgehead atoms. The Kier molecular flexibility index (Phi) is 5.84. The molecule has 0 atom stereocenters. The molecular formula is C16H24FN3. The SMILES string of the molecule is CCNC(=NCc1ccc(F)cc1)NCCCC1CC1. The van der Waals surface area contributed by atoms with Crippen LogP contribution in [0.4, 0.5) is 4.39 Å². The van der Waals surface area contributed by atoms with Crippen molar-refractivity contribution in [2.45, 2.75) is 39.2 Å². The van der Waals surface area contributed by atoms with Gasteiger partial charge in [0.15, 0.2) is 5.96 Å². The first-order chi connectivity index (χ1) is 9.78. The van der Waals surface area contributed by atoms with E-state index in [2.05, 4.69) is 22.5 Å². The Morgan fingerprint density at radius 1 is 1.25 bits per heavy atom. The van der Waals surface area contributed by atoms with Gasteiger partial charge in [0.1, 0.15) is 5.82 Å². The maximum atomic E-state index is 12.8. The molecule has 1 fully saturated rings. The summed E-state index contributed by atoms with van der Waals surface area (Å²) in [6.07, 6.45) is 5.35. The molecule has 0 saturated heterocycles. The van der Waals surface area contributed by atoms with E-state index in [0.717, 1.165) is 30.5 Å². The van der Waals surface area contributed by atoms with E-state index in [1.54, 1.807) is 12.1 Å². The normalized spacial score (nSPS) is 15.2. The average molecular weight is 277 g/mol. The van der Waals surface area contributed by atoms with Gasteiger partial charge in [0.25, 0.3) is 0 Å². The van der Waals surface area contributed by atoms with Crippen molar-refractivity contribution in [1.29, 1.82) is 0 Å². The van der Waals surface area contributed by atoms with Crippen molar-refractivity contribution in [2.75, 3.05) is 13.1 Å². The predicted octanol–water partition coefficient (Wildman–Crippen LogP) is 3.07. The number of halogens is 1. The minimum absolute atomic E-state index is 0.206. The fourth-order valence-corrected chi connectivity index (χ4v) is 2.11. The smallest absolute Gasteiger partial charge is 0.191 e. The molecule has 1 saturated carbocycles. The van der Waals surface area contributed by atoms with Crippen LogP contribution in [0.15, 0.2) is 29.3 Å². The number of rotatable bonds is 7. The van der Waals surface area contributed by atoms with Gasteiger partial charge in [0, 0.05) is 13.1 Å². The van der Waals surface area contributed by atoms with E-state index < -0.39 is 0 Å². The standard InChI is InChI=1S/C16H24FN3/c1-2-18-16(19-11-3-4-13-5-6-13)20-12-14-7-9-15(17)10-8-14/h7-10,13H,2-6,11-12H2,1H3,(H2,18,19,20). The zero-order chi connectivity index (χ0) is 14.2. The van der Waals surface area contributed by atoms with Crippen LogP contribution >= 0.6 is 0 Å². The van der Waals surface area contributed by atoms with Gasteiger partial charge in [0.05, 0.1) is 6.54 Å². The molecular weight excluding hydrogens is 253 g/mol. The van der Waals surface area contributed by atoms with Gasteiger partial charge in [-0.1, -0.05) is 25.0 Å². The van der Waals surface area contributed by atoms with E-state index in [1.165, 1.54) is 37.8 Å². The highest BCUT2D eigenvalue weighted by atomic mass is 19.1. The van der Waals surface area contributed by atoms with Crippen LogP contribution in [-0.2, 0) is 6.54 Å². The van der Waals surface area contributed by atoms with Crippen LogP contribution in [0.5, 0.6) is 0 Å². The van der Waals surface area contributed by atoms with Gasteiger partial charge in [-0.2, -0.15) is 0 Å². The quantitative estimate of drug-likeness (QED) is 0.456. The fourth-order valence-electron chi connectivity index (χ4n) is 2.11. The summed E-state index contributed by atoms with van der Waals surface area (Å²) in [6, 6.07) is 6.49. The third-order valence-corrected chi connectivity index (χ3v) is 3.46. The van der Waals surface area contributed by atoms with E-state index in [4.69, 9.17) is 0 Å². The largest absolute Gasteiger partial charge is 0.357 e. The van der Waals surface area contributed by atoms with E-state index in [1.807, 2.05) is 0 Å². The first-order valence-electron chi connectivity index (χ1n) is 7.54. The Bertz CT molecular complexity index is 424. The van der Waals surface area contributed by atoms with Crippen molar-refractivity contribution in [3.05, 3.63) is 35.6 Å². The summed E-state index contributed by atoms with van der Waals surface area (Å²) in [5.74, 6) is 1.62. The number of nitrogens with zero attached hydrogens (tertiary/aromatic N) is 1. The molecule has 0 amide bonds. The molecule has 0 aliphatic heterocycles. The van der Waals surface area contributed by atoms with E-state index in [0.29, 0.717) is 6.54 Å². The van der Waals surface area contributed by atoms with Gasteiger partial charge in [-0.15, -0.1) is 0 Å². The lowest BCUT2D eigenvalue weighted by Crippen LogP contribution is -2.37. The Labute approximate surface area is 120 Å². The zero-order valence-corrected chi connectivity index (χ0v) is 12.2. The maximum Gasteiger partial charge on any atom is 0.191 e. The van der Waals surface area contributed by atoms with Crippen molar-refractivity contribution >= 4 is 5.96 Å². The summed E-state index contributed by atoms with van der Waals surface area (Å²) in [6.45, 7) is 4.43. The minimum Gasteiger partial charge on any atom is -0.357 e. The number of aliphatic imine (C=N–C) groups is 1. The second-order valence-corrected chi connectivity index (χ2v) is 5.33. The molecule has 2 rings (SSSR count). The third kappa shape index (κ3) is 5.59. The topological polar surface area (TPSA) is 36.4 Å². The van der Waals surface area contributed by atoms with Crippen molar-refractivity contribution in [1.82, 2.24) is 10.6 Å². The first-order valence-corrected chi connectivity index (χ1v) is 7.54. The molecule has 0 unspecified atom stereocenters. The van der Waals surface area contributed by atoms with Crippen LogP contribution in [-0.4, -0.2) is 19.0 Å². The number of hydrogen-bond acceptors (Lipinski definition) is 1. The highest BCUT2D eigenvalue weighted by Crippen LogP contribution is 2.33. The van der Waals surface area contributed by atoms with Crippen LogP contribution in [0.1, 0.15) is 38.2 Å². The Hall–Kier alpha value is -1.58. The van der Waals surface area contributed by atoms with Crippen LogP contribution in [0, 0.1) is 11.7 Å². The highest BCUT2D eigenvalue weighted by Gasteiger charge is 2.19. The molecule has 4 heteroatoms. The van der Waals surface area contributed by atoms with Crippen LogP contribution in [0.3, 0.4) is 0 Å². The Morgan fingerprint density at radius 2 is 2.00 bits per heavy atom. The summed E-state index contributed by atoms with van der Waals surface area (Å²) in [5.41, 5.74) is 1.02. The average Bonchev–Trinajstić information content (AvgIpc) is 3.26. The lowest BCUT2D eigenvalue weighted by Gasteiger charge is -2.11. The molecule has 2 N–H and O–H groups in total. The van der Waals surface area contributed by atoms with Crippen molar-refractivity contribution in [2.24, 2.45) is 10.9 Å². The van der Waals surface area contributed by atoms with Crippen LogP contribution in [0.25, 0.3) is 0 Å². The third-order valence-electron chi connectivity index (χ3n) is 3.46. The summed E-state index contributed by atoms with van der Waals surface area (Å²) in [5, 5.41) is 6.58. The lowest BCUT2D eigenvalue weighted by molar-refractivity contribution is 0.627. The molecule has 0 heterocycles. The molecule has 20 heavy (non-hydrogen) atoms. The lowest BCUT2D eigenvalue weighted by atomic mass is 10.2. The van der Waals surface area contributed by atoms with Gasteiger partial charge >= 0.3 is 0 Å². The molecule has 1 aromatic rings. The van der Waals surface area contributed by atoms with Crippen molar-refractivity contribution in [3.8, 4) is 0 Å². The summed E-state index contributed by atoms with van der Waals surface area (Å²) < 4.78 is 12.8. The molecule has 1 aromatic carbocycles. The molecule has 1 aliphatic carbocycles. The molecule has 0 radical (unpaired) electrons. The monoisotopic (exact) mass is 277 g/mol. The Morgan fingerprint density at radius 3 is 2.65 bits per heavy atom. The van der Waals surface area contributed by atoms with Gasteiger partial charge in [-0.25, -0.2) is 9.38 Å². The molecule has 110 valence electrons. The fraction of sp³-hybridized carbons (Fsp3) is 0.562. The zero-order valence-electron chi connectivity index (χ0n) is 12.2. The van der Waals surface area contributed by atoms with Gasteiger partial charge in [0.2, 0.25) is 0 Å². The summed E-state index contributed by atoms with van der Waals surface area (Å²) >= 11 is 0. The summed E-state index contributed by atoms with van der Waals surface area (Å²) in [4.78, 5) is 4.52. The molecule has 0 aromatic heterocycles. The predicted molar refractivity (Wildman–Crippen MR) is 81.2 cm³/mol. The number of guanidine groups is 1. The molecule has 3 nitrogen and oxygen atoms in total. The number of hydrogen-bond donors (Lipinski definition) is 2. The van der Waals surface area contributed by atoms with Gasteiger partial charge < -0.3 is 10.6 Å². The molecule has 0 spiro atoms. The van der Waals surface area contributed by atoms with Gasteiger partial charge in [-0.05, 0) is 43.4 Å². The van der Waals surface area contributed by atoms with Gasteiger partial charge in [-0.3, -0.25) is 0 Å². The molecule has 1 aliphatic rings. The van der Waals surface area contributed by atoms with Crippen molar-refractivity contribution < 1.29 is 4.39 Å². The first kappa shape index (κ1) is 14.8. The number of nitrogens with one attached hydrogen (secondary N) is 2. The highest BCUT2D eigenvalue weighted by molar-refractivity contribution is 5.79. The second-order valence-electron chi connectivity index (χ2n) is 5.33. The minimum atomic E-state index is -0.206. The second kappa shape index (κ2) is 7.88. The Balaban J connectivity index is 1.76. The maximum absolute atomic E-state index is 12.8. The number of benzene rings is 1.